The maximum absolute atomic E-state index is 5.99. The van der Waals surface area contributed by atoms with E-state index in [1.165, 1.54) is 24.1 Å². The van der Waals surface area contributed by atoms with Crippen molar-refractivity contribution < 1.29 is 0 Å². The zero-order chi connectivity index (χ0) is 16.5. The van der Waals surface area contributed by atoms with Crippen LogP contribution in [-0.2, 0) is 13.5 Å². The molecule has 0 unspecified atom stereocenters. The summed E-state index contributed by atoms with van der Waals surface area (Å²) in [6.07, 6.45) is 12.3. The van der Waals surface area contributed by atoms with E-state index in [0.717, 1.165) is 49.7 Å². The molecule has 3 N–H and O–H groups in total. The van der Waals surface area contributed by atoms with Gasteiger partial charge in [-0.05, 0) is 63.0 Å². The average molecular weight is 325 g/mol. The van der Waals surface area contributed by atoms with Crippen LogP contribution in [-0.4, -0.2) is 26.6 Å². The van der Waals surface area contributed by atoms with Crippen molar-refractivity contribution >= 4 is 5.95 Å². The Bertz CT molecular complexity index is 696. The second-order valence-corrected chi connectivity index (χ2v) is 7.46. The van der Waals surface area contributed by atoms with E-state index < -0.39 is 0 Å². The minimum absolute atomic E-state index is 0.365. The van der Waals surface area contributed by atoms with Gasteiger partial charge in [-0.2, -0.15) is 0 Å². The van der Waals surface area contributed by atoms with Gasteiger partial charge in [0.2, 0.25) is 5.95 Å². The Labute approximate surface area is 143 Å². The maximum Gasteiger partial charge on any atom is 0.223 e. The molecule has 0 amide bonds. The number of rotatable bonds is 5. The van der Waals surface area contributed by atoms with Gasteiger partial charge in [-0.1, -0.05) is 0 Å². The Morgan fingerprint density at radius 1 is 1.17 bits per heavy atom. The van der Waals surface area contributed by atoms with Crippen LogP contribution in [0.15, 0.2) is 24.5 Å². The Morgan fingerprint density at radius 3 is 2.71 bits per heavy atom. The molecular formula is C19H27N5. The number of hydrogen-bond donors (Lipinski definition) is 2. The van der Waals surface area contributed by atoms with Gasteiger partial charge in [-0.25, -0.2) is 9.97 Å². The number of aryl methyl sites for hydroxylation is 1. The molecule has 0 bridgehead atoms. The predicted octanol–water partition coefficient (Wildman–Crippen LogP) is 3.12. The molecule has 128 valence electrons. The van der Waals surface area contributed by atoms with Gasteiger partial charge in [0.25, 0.3) is 0 Å². The van der Waals surface area contributed by atoms with Crippen molar-refractivity contribution in [1.29, 1.82) is 0 Å². The van der Waals surface area contributed by atoms with E-state index in [9.17, 15) is 0 Å². The van der Waals surface area contributed by atoms with Crippen molar-refractivity contribution in [3.8, 4) is 11.3 Å². The lowest BCUT2D eigenvalue weighted by Gasteiger charge is -2.26. The summed E-state index contributed by atoms with van der Waals surface area (Å²) in [5, 5.41) is 3.51. The molecular weight excluding hydrogens is 298 g/mol. The quantitative estimate of drug-likeness (QED) is 0.886. The van der Waals surface area contributed by atoms with E-state index in [1.54, 1.807) is 0 Å². The lowest BCUT2D eigenvalue weighted by atomic mass is 9.92. The van der Waals surface area contributed by atoms with Crippen molar-refractivity contribution in [3.05, 3.63) is 30.2 Å². The Kier molecular flexibility index (Phi) is 4.27. The molecule has 24 heavy (non-hydrogen) atoms. The fraction of sp³-hybridized carbons (Fsp3) is 0.579. The van der Waals surface area contributed by atoms with Crippen molar-refractivity contribution in [2.45, 2.75) is 57.0 Å². The Hall–Kier alpha value is -1.88. The molecule has 2 aliphatic carbocycles. The summed E-state index contributed by atoms with van der Waals surface area (Å²) in [6.45, 7) is 0. The molecule has 5 nitrogen and oxygen atoms in total. The molecule has 0 aliphatic heterocycles. The Balaban J connectivity index is 1.52. The van der Waals surface area contributed by atoms with Gasteiger partial charge >= 0.3 is 0 Å². The van der Waals surface area contributed by atoms with Crippen LogP contribution in [0.25, 0.3) is 11.3 Å². The molecule has 4 rings (SSSR count). The van der Waals surface area contributed by atoms with Crippen LogP contribution < -0.4 is 11.1 Å². The van der Waals surface area contributed by atoms with E-state index in [-0.39, 0.29) is 0 Å². The first-order valence-electron chi connectivity index (χ1n) is 9.19. The Morgan fingerprint density at radius 2 is 1.96 bits per heavy atom. The number of nitrogens with two attached hydrogens (primary N) is 1. The van der Waals surface area contributed by atoms with Crippen molar-refractivity contribution in [1.82, 2.24) is 14.5 Å². The van der Waals surface area contributed by atoms with Gasteiger partial charge in [0.15, 0.2) is 0 Å². The monoisotopic (exact) mass is 325 g/mol. The van der Waals surface area contributed by atoms with E-state index in [1.807, 2.05) is 12.3 Å². The molecule has 0 saturated heterocycles. The van der Waals surface area contributed by atoms with Crippen LogP contribution >= 0.6 is 0 Å². The van der Waals surface area contributed by atoms with Gasteiger partial charge in [0, 0.05) is 42.8 Å². The highest BCUT2D eigenvalue weighted by atomic mass is 15.1. The number of aromatic nitrogens is 3. The first kappa shape index (κ1) is 15.6. The summed E-state index contributed by atoms with van der Waals surface area (Å²) in [5.74, 6) is 1.61. The second kappa shape index (κ2) is 6.55. The molecule has 5 heteroatoms. The van der Waals surface area contributed by atoms with Crippen LogP contribution in [0.1, 0.15) is 44.2 Å². The second-order valence-electron chi connectivity index (χ2n) is 7.46. The number of nitrogens with zero attached hydrogens (tertiary/aromatic N) is 3. The third kappa shape index (κ3) is 3.46. The third-order valence-electron chi connectivity index (χ3n) is 5.42. The van der Waals surface area contributed by atoms with Crippen LogP contribution in [0.2, 0.25) is 0 Å². The van der Waals surface area contributed by atoms with Gasteiger partial charge in [0.1, 0.15) is 0 Å². The summed E-state index contributed by atoms with van der Waals surface area (Å²) < 4.78 is 2.24. The highest BCUT2D eigenvalue weighted by Crippen LogP contribution is 2.35. The highest BCUT2D eigenvalue weighted by Gasteiger charge is 2.25. The molecule has 2 aromatic rings. The van der Waals surface area contributed by atoms with Crippen LogP contribution in [0.5, 0.6) is 0 Å². The summed E-state index contributed by atoms with van der Waals surface area (Å²) in [7, 11) is 2.13. The lowest BCUT2D eigenvalue weighted by Crippen LogP contribution is -2.33. The SMILES string of the molecule is Cn1ccc(-c2ccnc(NC3CCC(N)CC3)n2)c1CC1CC1. The van der Waals surface area contributed by atoms with E-state index in [4.69, 9.17) is 10.7 Å². The summed E-state index contributed by atoms with van der Waals surface area (Å²) in [6, 6.07) is 5.02. The van der Waals surface area contributed by atoms with E-state index in [2.05, 4.69) is 34.2 Å². The first-order chi connectivity index (χ1) is 11.7. The van der Waals surface area contributed by atoms with E-state index >= 15 is 0 Å². The number of nitrogens with one attached hydrogen (secondary N) is 1. The number of hydrogen-bond acceptors (Lipinski definition) is 4. The van der Waals surface area contributed by atoms with Gasteiger partial charge in [-0.15, -0.1) is 0 Å². The van der Waals surface area contributed by atoms with E-state index in [0.29, 0.717) is 12.1 Å². The molecule has 2 fully saturated rings. The van der Waals surface area contributed by atoms with Crippen LogP contribution in [0.4, 0.5) is 5.95 Å². The third-order valence-corrected chi connectivity index (χ3v) is 5.42. The minimum Gasteiger partial charge on any atom is -0.354 e. The summed E-state index contributed by atoms with van der Waals surface area (Å²) in [5.41, 5.74) is 9.66. The molecule has 0 radical (unpaired) electrons. The molecule has 0 spiro atoms. The fourth-order valence-electron chi connectivity index (χ4n) is 3.67. The van der Waals surface area contributed by atoms with Crippen molar-refractivity contribution in [3.63, 3.8) is 0 Å². The van der Waals surface area contributed by atoms with Crippen molar-refractivity contribution in [2.75, 3.05) is 5.32 Å². The normalized spacial score (nSPS) is 24.1. The number of anilines is 1. The topological polar surface area (TPSA) is 68.8 Å². The zero-order valence-electron chi connectivity index (χ0n) is 14.4. The standard InChI is InChI=1S/C19H27N5/c1-24-11-9-16(18(24)12-13-2-3-13)17-8-10-21-19(23-17)22-15-6-4-14(20)5-7-15/h8-11,13-15H,2-7,12,20H2,1H3,(H,21,22,23). The maximum atomic E-state index is 5.99. The van der Waals surface area contributed by atoms with Crippen molar-refractivity contribution in [2.24, 2.45) is 18.7 Å². The van der Waals surface area contributed by atoms with Crippen LogP contribution in [0.3, 0.4) is 0 Å². The molecule has 2 saturated carbocycles. The average Bonchev–Trinajstić information content (AvgIpc) is 3.33. The highest BCUT2D eigenvalue weighted by molar-refractivity contribution is 5.63. The lowest BCUT2D eigenvalue weighted by molar-refractivity contribution is 0.410. The van der Waals surface area contributed by atoms with Gasteiger partial charge < -0.3 is 15.6 Å². The molecule has 2 aromatic heterocycles. The van der Waals surface area contributed by atoms with Crippen LogP contribution in [0, 0.1) is 5.92 Å². The largest absolute Gasteiger partial charge is 0.354 e. The summed E-state index contributed by atoms with van der Waals surface area (Å²) >= 11 is 0. The van der Waals surface area contributed by atoms with Gasteiger partial charge in [0.05, 0.1) is 5.69 Å². The predicted molar refractivity (Wildman–Crippen MR) is 96.7 cm³/mol. The fourth-order valence-corrected chi connectivity index (χ4v) is 3.67. The van der Waals surface area contributed by atoms with Gasteiger partial charge in [-0.3, -0.25) is 0 Å². The molecule has 0 atom stereocenters. The molecule has 2 heterocycles. The minimum atomic E-state index is 0.365. The smallest absolute Gasteiger partial charge is 0.223 e. The molecule has 2 aliphatic rings. The molecule has 0 aromatic carbocycles. The zero-order valence-corrected chi connectivity index (χ0v) is 14.4. The first-order valence-corrected chi connectivity index (χ1v) is 9.19. The summed E-state index contributed by atoms with van der Waals surface area (Å²) in [4.78, 5) is 9.22.